The van der Waals surface area contributed by atoms with Crippen molar-refractivity contribution < 1.29 is 17.6 Å². The summed E-state index contributed by atoms with van der Waals surface area (Å²) in [7, 11) is -0.0265. The standard InChI is InChI=1S/C15H20N4O4S/c1-18-7-6-16-15(18)14-11(3-4-13(20)19(14)2)9-17-24(21,22)12-5-8-23-10-12/h5-8,10-11,14,17H,3-4,9H2,1-2H3/t11-,14+/m1/s1. The van der Waals surface area contributed by atoms with Crippen molar-refractivity contribution in [3.05, 3.63) is 36.8 Å². The average Bonchev–Trinajstić information content (AvgIpc) is 3.21. The van der Waals surface area contributed by atoms with Crippen molar-refractivity contribution in [1.82, 2.24) is 19.2 Å². The Morgan fingerprint density at radius 1 is 1.42 bits per heavy atom. The maximum absolute atomic E-state index is 12.3. The fourth-order valence-corrected chi connectivity index (χ4v) is 4.10. The van der Waals surface area contributed by atoms with Crippen LogP contribution in [0.4, 0.5) is 0 Å². The number of sulfonamides is 1. The maximum atomic E-state index is 12.3. The molecule has 2 atom stereocenters. The molecule has 3 rings (SSSR count). The minimum absolute atomic E-state index is 0.0388. The van der Waals surface area contributed by atoms with Crippen LogP contribution in [0, 0.1) is 5.92 Å². The summed E-state index contributed by atoms with van der Waals surface area (Å²) in [6, 6.07) is 1.13. The summed E-state index contributed by atoms with van der Waals surface area (Å²) in [5, 5.41) is 0. The van der Waals surface area contributed by atoms with Crippen LogP contribution in [0.2, 0.25) is 0 Å². The van der Waals surface area contributed by atoms with Crippen molar-refractivity contribution in [2.75, 3.05) is 13.6 Å². The van der Waals surface area contributed by atoms with Crippen LogP contribution in [0.15, 0.2) is 40.3 Å². The molecule has 130 valence electrons. The third-order valence-corrected chi connectivity index (χ3v) is 5.85. The molecule has 1 amide bonds. The van der Waals surface area contributed by atoms with Gasteiger partial charge in [0, 0.05) is 45.4 Å². The lowest BCUT2D eigenvalue weighted by molar-refractivity contribution is -0.137. The highest BCUT2D eigenvalue weighted by atomic mass is 32.2. The Bertz CT molecular complexity index is 812. The van der Waals surface area contributed by atoms with Gasteiger partial charge < -0.3 is 13.9 Å². The molecule has 0 aromatic carbocycles. The third-order valence-electron chi connectivity index (χ3n) is 4.45. The van der Waals surface area contributed by atoms with Crippen LogP contribution in [-0.4, -0.2) is 42.4 Å². The molecule has 0 bridgehead atoms. The van der Waals surface area contributed by atoms with Crippen LogP contribution in [0.3, 0.4) is 0 Å². The van der Waals surface area contributed by atoms with E-state index in [1.807, 2.05) is 17.8 Å². The van der Waals surface area contributed by atoms with Gasteiger partial charge in [0.15, 0.2) is 0 Å². The van der Waals surface area contributed by atoms with Gasteiger partial charge in [-0.05, 0) is 12.5 Å². The van der Waals surface area contributed by atoms with Crippen LogP contribution < -0.4 is 4.72 Å². The van der Waals surface area contributed by atoms with Crippen LogP contribution >= 0.6 is 0 Å². The van der Waals surface area contributed by atoms with Gasteiger partial charge in [-0.2, -0.15) is 0 Å². The molecule has 1 N–H and O–H groups in total. The fourth-order valence-electron chi connectivity index (χ4n) is 3.08. The van der Waals surface area contributed by atoms with Crippen LogP contribution in [-0.2, 0) is 21.9 Å². The van der Waals surface area contributed by atoms with Crippen molar-refractivity contribution >= 4 is 15.9 Å². The number of imidazole rings is 1. The molecule has 0 aliphatic carbocycles. The van der Waals surface area contributed by atoms with Gasteiger partial charge in [0.1, 0.15) is 17.0 Å². The molecule has 0 unspecified atom stereocenters. The van der Waals surface area contributed by atoms with E-state index in [1.54, 1.807) is 18.1 Å². The molecule has 1 saturated heterocycles. The predicted octanol–water partition coefficient (Wildman–Crippen LogP) is 0.901. The number of aromatic nitrogens is 2. The molecule has 1 fully saturated rings. The Labute approximate surface area is 140 Å². The van der Waals surface area contributed by atoms with E-state index in [0.29, 0.717) is 12.8 Å². The number of furan rings is 1. The fraction of sp³-hybridized carbons (Fsp3) is 0.467. The Kier molecular flexibility index (Phi) is 4.46. The van der Waals surface area contributed by atoms with Crippen molar-refractivity contribution in [2.45, 2.75) is 23.8 Å². The lowest BCUT2D eigenvalue weighted by Gasteiger charge is -2.38. The molecule has 0 spiro atoms. The Morgan fingerprint density at radius 3 is 2.83 bits per heavy atom. The first-order valence-corrected chi connectivity index (χ1v) is 9.13. The Morgan fingerprint density at radius 2 is 2.21 bits per heavy atom. The highest BCUT2D eigenvalue weighted by molar-refractivity contribution is 7.89. The molecular formula is C15H20N4O4S. The van der Waals surface area contributed by atoms with E-state index in [4.69, 9.17) is 4.42 Å². The van der Waals surface area contributed by atoms with Crippen molar-refractivity contribution in [3.63, 3.8) is 0 Å². The maximum Gasteiger partial charge on any atom is 0.243 e. The number of aryl methyl sites for hydroxylation is 1. The minimum atomic E-state index is -3.62. The van der Waals surface area contributed by atoms with Gasteiger partial charge in [-0.1, -0.05) is 0 Å². The monoisotopic (exact) mass is 352 g/mol. The van der Waals surface area contributed by atoms with Gasteiger partial charge in [0.2, 0.25) is 15.9 Å². The van der Waals surface area contributed by atoms with E-state index >= 15 is 0 Å². The molecule has 3 heterocycles. The van der Waals surface area contributed by atoms with Crippen LogP contribution in [0.25, 0.3) is 0 Å². The predicted molar refractivity (Wildman–Crippen MR) is 85.3 cm³/mol. The number of hydrogen-bond acceptors (Lipinski definition) is 5. The molecule has 1 aliphatic rings. The first kappa shape index (κ1) is 16.7. The van der Waals surface area contributed by atoms with Gasteiger partial charge in [0.05, 0.1) is 12.3 Å². The first-order valence-electron chi connectivity index (χ1n) is 7.65. The summed E-state index contributed by atoms with van der Waals surface area (Å²) in [4.78, 5) is 18.2. The molecule has 9 heteroatoms. The molecule has 8 nitrogen and oxygen atoms in total. The second-order valence-electron chi connectivity index (χ2n) is 5.96. The SMILES string of the molecule is CN1C(=O)CC[C@H](CNS(=O)(=O)c2ccoc2)[C@H]1c1nccn1C. The average molecular weight is 352 g/mol. The second kappa shape index (κ2) is 6.40. The number of carbonyl (C=O) groups excluding carboxylic acids is 1. The van der Waals surface area contributed by atoms with E-state index in [2.05, 4.69) is 9.71 Å². The number of likely N-dealkylation sites (tertiary alicyclic amines) is 1. The van der Waals surface area contributed by atoms with Crippen molar-refractivity contribution in [1.29, 1.82) is 0 Å². The molecule has 2 aromatic heterocycles. The number of nitrogens with zero attached hydrogens (tertiary/aromatic N) is 3. The summed E-state index contributed by atoms with van der Waals surface area (Å²) in [5.74, 6) is 0.727. The zero-order valence-corrected chi connectivity index (χ0v) is 14.4. The molecule has 1 aliphatic heterocycles. The Hall–Kier alpha value is -2.13. The Balaban J connectivity index is 1.80. The minimum Gasteiger partial charge on any atom is -0.471 e. The summed E-state index contributed by atoms with van der Waals surface area (Å²) in [6.45, 7) is 0.225. The van der Waals surface area contributed by atoms with E-state index in [9.17, 15) is 13.2 Å². The topological polar surface area (TPSA) is 97.4 Å². The van der Waals surface area contributed by atoms with Gasteiger partial charge in [0.25, 0.3) is 0 Å². The van der Waals surface area contributed by atoms with Gasteiger partial charge in [-0.25, -0.2) is 18.1 Å². The molecular weight excluding hydrogens is 332 g/mol. The second-order valence-corrected chi connectivity index (χ2v) is 7.72. The molecule has 24 heavy (non-hydrogen) atoms. The zero-order chi connectivity index (χ0) is 17.3. The van der Waals surface area contributed by atoms with Gasteiger partial charge in [-0.3, -0.25) is 4.79 Å². The van der Waals surface area contributed by atoms with E-state index in [1.165, 1.54) is 18.6 Å². The van der Waals surface area contributed by atoms with E-state index < -0.39 is 10.0 Å². The highest BCUT2D eigenvalue weighted by Gasteiger charge is 2.37. The van der Waals surface area contributed by atoms with Gasteiger partial charge in [-0.15, -0.1) is 0 Å². The van der Waals surface area contributed by atoms with Crippen molar-refractivity contribution in [2.24, 2.45) is 13.0 Å². The van der Waals surface area contributed by atoms with E-state index in [0.717, 1.165) is 5.82 Å². The lowest BCUT2D eigenvalue weighted by atomic mass is 9.88. The van der Waals surface area contributed by atoms with Crippen molar-refractivity contribution in [3.8, 4) is 0 Å². The van der Waals surface area contributed by atoms with Crippen LogP contribution in [0.5, 0.6) is 0 Å². The highest BCUT2D eigenvalue weighted by Crippen LogP contribution is 2.34. The first-order chi connectivity index (χ1) is 11.4. The number of piperidine rings is 1. The van der Waals surface area contributed by atoms with E-state index in [-0.39, 0.29) is 29.3 Å². The molecule has 0 saturated carbocycles. The smallest absolute Gasteiger partial charge is 0.243 e. The quantitative estimate of drug-likeness (QED) is 0.862. The molecule has 0 radical (unpaired) electrons. The zero-order valence-electron chi connectivity index (χ0n) is 13.5. The normalized spacial score (nSPS) is 22.1. The number of hydrogen-bond donors (Lipinski definition) is 1. The number of rotatable bonds is 5. The lowest BCUT2D eigenvalue weighted by Crippen LogP contribution is -2.45. The van der Waals surface area contributed by atoms with Gasteiger partial charge >= 0.3 is 0 Å². The number of carbonyl (C=O) groups is 1. The summed E-state index contributed by atoms with van der Waals surface area (Å²) in [5.41, 5.74) is 0. The summed E-state index contributed by atoms with van der Waals surface area (Å²) >= 11 is 0. The summed E-state index contributed by atoms with van der Waals surface area (Å²) < 4.78 is 33.8. The summed E-state index contributed by atoms with van der Waals surface area (Å²) in [6.07, 6.45) is 7.00. The number of nitrogens with one attached hydrogen (secondary N) is 1. The third kappa shape index (κ3) is 3.09. The largest absolute Gasteiger partial charge is 0.471 e. The molecule has 2 aromatic rings. The number of amides is 1. The van der Waals surface area contributed by atoms with Crippen LogP contribution in [0.1, 0.15) is 24.7 Å².